The Hall–Kier alpha value is -1.02. The van der Waals surface area contributed by atoms with Crippen molar-refractivity contribution in [3.63, 3.8) is 0 Å². The van der Waals surface area contributed by atoms with Crippen molar-refractivity contribution in [3.05, 3.63) is 35.4 Å². The Morgan fingerprint density at radius 2 is 2.15 bits per heavy atom. The maximum Gasteiger partial charge on any atom is 0.326 e. The molecule has 0 saturated heterocycles. The van der Waals surface area contributed by atoms with Gasteiger partial charge < -0.3 is 5.11 Å². The number of aliphatic carboxylic acids is 1. The molecule has 1 aromatic carbocycles. The maximum atomic E-state index is 10.6. The van der Waals surface area contributed by atoms with Crippen LogP contribution in [-0.4, -0.2) is 11.1 Å². The molecule has 0 amide bonds. The van der Waals surface area contributed by atoms with Gasteiger partial charge in [-0.2, -0.15) is 0 Å². The predicted octanol–water partition coefficient (Wildman–Crippen LogP) is 2.61. The summed E-state index contributed by atoms with van der Waals surface area (Å²) in [6.45, 7) is 1.98. The first-order chi connectivity index (χ1) is 6.16. The van der Waals surface area contributed by atoms with Gasteiger partial charge in [-0.25, -0.2) is 0 Å². The minimum absolute atomic E-state index is 0.694. The van der Waals surface area contributed by atoms with E-state index in [-0.39, 0.29) is 0 Å². The van der Waals surface area contributed by atoms with Crippen LogP contribution in [0.1, 0.15) is 23.4 Å². The summed E-state index contributed by atoms with van der Waals surface area (Å²) in [7, 11) is 0. The Labute approximate surface area is 82.2 Å². The van der Waals surface area contributed by atoms with E-state index in [2.05, 4.69) is 0 Å². The van der Waals surface area contributed by atoms with E-state index in [1.165, 1.54) is 0 Å². The van der Waals surface area contributed by atoms with E-state index in [4.69, 9.17) is 16.7 Å². The molecule has 0 aliphatic heterocycles. The SMILES string of the molecule is CCc1ccccc1C(Cl)C(=O)O. The average Bonchev–Trinajstić information content (AvgIpc) is 2.16. The van der Waals surface area contributed by atoms with Gasteiger partial charge in [0.05, 0.1) is 0 Å². The number of benzene rings is 1. The van der Waals surface area contributed by atoms with Crippen molar-refractivity contribution in [2.24, 2.45) is 0 Å². The molecule has 0 bridgehead atoms. The molecule has 0 aromatic heterocycles. The highest BCUT2D eigenvalue weighted by molar-refractivity contribution is 6.29. The second-order valence-corrected chi connectivity index (χ2v) is 3.19. The van der Waals surface area contributed by atoms with Crippen LogP contribution in [0.25, 0.3) is 0 Å². The lowest BCUT2D eigenvalue weighted by Gasteiger charge is -2.09. The van der Waals surface area contributed by atoms with Crippen molar-refractivity contribution >= 4 is 17.6 Å². The van der Waals surface area contributed by atoms with Crippen LogP contribution in [0.15, 0.2) is 24.3 Å². The fraction of sp³-hybridized carbons (Fsp3) is 0.300. The van der Waals surface area contributed by atoms with Gasteiger partial charge in [0.25, 0.3) is 0 Å². The van der Waals surface area contributed by atoms with E-state index in [1.54, 1.807) is 12.1 Å². The first-order valence-electron chi connectivity index (χ1n) is 4.11. The fourth-order valence-electron chi connectivity index (χ4n) is 1.24. The Morgan fingerprint density at radius 3 is 2.69 bits per heavy atom. The normalized spacial score (nSPS) is 12.5. The quantitative estimate of drug-likeness (QED) is 0.759. The molecule has 3 heteroatoms. The number of hydrogen-bond acceptors (Lipinski definition) is 1. The Morgan fingerprint density at radius 1 is 1.54 bits per heavy atom. The molecule has 0 radical (unpaired) electrons. The van der Waals surface area contributed by atoms with Gasteiger partial charge in [-0.05, 0) is 17.5 Å². The van der Waals surface area contributed by atoms with Gasteiger partial charge in [0.2, 0.25) is 0 Å². The molecule has 0 saturated carbocycles. The Balaban J connectivity index is 3.05. The predicted molar refractivity (Wildman–Crippen MR) is 52.0 cm³/mol. The highest BCUT2D eigenvalue weighted by atomic mass is 35.5. The number of carboxylic acid groups (broad SMARTS) is 1. The van der Waals surface area contributed by atoms with Crippen molar-refractivity contribution < 1.29 is 9.90 Å². The molecule has 70 valence electrons. The van der Waals surface area contributed by atoms with Crippen LogP contribution < -0.4 is 0 Å². The highest BCUT2D eigenvalue weighted by Gasteiger charge is 2.18. The first kappa shape index (κ1) is 10.1. The second-order valence-electron chi connectivity index (χ2n) is 2.75. The number of carboxylic acids is 1. The van der Waals surface area contributed by atoms with E-state index >= 15 is 0 Å². The molecule has 1 N–H and O–H groups in total. The lowest BCUT2D eigenvalue weighted by molar-refractivity contribution is -0.136. The third-order valence-corrected chi connectivity index (χ3v) is 2.35. The topological polar surface area (TPSA) is 37.3 Å². The van der Waals surface area contributed by atoms with E-state index < -0.39 is 11.3 Å². The minimum Gasteiger partial charge on any atom is -0.480 e. The third-order valence-electron chi connectivity index (χ3n) is 1.93. The molecule has 1 unspecified atom stereocenters. The number of halogens is 1. The zero-order valence-corrected chi connectivity index (χ0v) is 8.08. The Bertz CT molecular complexity index is 310. The van der Waals surface area contributed by atoms with Crippen molar-refractivity contribution in [2.45, 2.75) is 18.7 Å². The average molecular weight is 199 g/mol. The summed E-state index contributed by atoms with van der Waals surface area (Å²) in [6.07, 6.45) is 0.798. The number of alkyl halides is 1. The van der Waals surface area contributed by atoms with Crippen LogP contribution >= 0.6 is 11.6 Å². The van der Waals surface area contributed by atoms with Gasteiger partial charge in [0.15, 0.2) is 5.38 Å². The van der Waals surface area contributed by atoms with Gasteiger partial charge in [-0.3, -0.25) is 4.79 Å². The molecule has 1 rings (SSSR count). The smallest absolute Gasteiger partial charge is 0.326 e. The van der Waals surface area contributed by atoms with Crippen molar-refractivity contribution in [1.29, 1.82) is 0 Å². The van der Waals surface area contributed by atoms with Gasteiger partial charge in [0, 0.05) is 0 Å². The summed E-state index contributed by atoms with van der Waals surface area (Å²) in [5.74, 6) is -0.998. The van der Waals surface area contributed by atoms with Gasteiger partial charge in [-0.15, -0.1) is 11.6 Å². The number of rotatable bonds is 3. The lowest BCUT2D eigenvalue weighted by atomic mass is 10.0. The molecule has 0 spiro atoms. The monoisotopic (exact) mass is 198 g/mol. The zero-order valence-electron chi connectivity index (χ0n) is 7.33. The number of aryl methyl sites for hydroxylation is 1. The molecule has 0 heterocycles. The molecule has 1 aromatic rings. The summed E-state index contributed by atoms with van der Waals surface area (Å²) in [6, 6.07) is 7.33. The van der Waals surface area contributed by atoms with Crippen LogP contribution in [-0.2, 0) is 11.2 Å². The lowest BCUT2D eigenvalue weighted by Crippen LogP contribution is -2.07. The van der Waals surface area contributed by atoms with E-state index in [0.29, 0.717) is 5.56 Å². The molecule has 0 fully saturated rings. The summed E-state index contributed by atoms with van der Waals surface area (Å²) >= 11 is 5.73. The summed E-state index contributed by atoms with van der Waals surface area (Å²) in [4.78, 5) is 10.6. The summed E-state index contributed by atoms with van der Waals surface area (Å²) < 4.78 is 0. The molecule has 1 atom stereocenters. The van der Waals surface area contributed by atoms with Crippen molar-refractivity contribution in [1.82, 2.24) is 0 Å². The highest BCUT2D eigenvalue weighted by Crippen LogP contribution is 2.24. The third kappa shape index (κ3) is 2.22. The summed E-state index contributed by atoms with van der Waals surface area (Å²) in [5, 5.41) is 7.79. The van der Waals surface area contributed by atoms with Crippen molar-refractivity contribution in [3.8, 4) is 0 Å². The van der Waals surface area contributed by atoms with Gasteiger partial charge >= 0.3 is 5.97 Å². The fourth-order valence-corrected chi connectivity index (χ4v) is 1.45. The first-order valence-corrected chi connectivity index (χ1v) is 4.55. The van der Waals surface area contributed by atoms with Gasteiger partial charge in [0.1, 0.15) is 0 Å². The Kier molecular flexibility index (Phi) is 3.32. The maximum absolute atomic E-state index is 10.6. The second kappa shape index (κ2) is 4.28. The minimum atomic E-state index is -0.998. The van der Waals surface area contributed by atoms with E-state index in [0.717, 1.165) is 12.0 Å². The van der Waals surface area contributed by atoms with Crippen LogP contribution in [0.2, 0.25) is 0 Å². The van der Waals surface area contributed by atoms with E-state index in [1.807, 2.05) is 19.1 Å². The van der Waals surface area contributed by atoms with E-state index in [9.17, 15) is 4.79 Å². The molecular formula is C10H11ClO2. The van der Waals surface area contributed by atoms with Crippen LogP contribution in [0.3, 0.4) is 0 Å². The molecule has 2 nitrogen and oxygen atoms in total. The zero-order chi connectivity index (χ0) is 9.84. The summed E-state index contributed by atoms with van der Waals surface area (Å²) in [5.41, 5.74) is 1.68. The molecule has 0 aliphatic carbocycles. The standard InChI is InChI=1S/C10H11ClO2/c1-2-7-5-3-4-6-8(7)9(11)10(12)13/h3-6,9H,2H2,1H3,(H,12,13). The van der Waals surface area contributed by atoms with Crippen LogP contribution in [0.5, 0.6) is 0 Å². The van der Waals surface area contributed by atoms with Gasteiger partial charge in [-0.1, -0.05) is 31.2 Å². The molecule has 0 aliphatic rings. The molecular weight excluding hydrogens is 188 g/mol. The van der Waals surface area contributed by atoms with Crippen molar-refractivity contribution in [2.75, 3.05) is 0 Å². The van der Waals surface area contributed by atoms with Crippen LogP contribution in [0, 0.1) is 0 Å². The molecule has 13 heavy (non-hydrogen) atoms. The largest absolute Gasteiger partial charge is 0.480 e. The number of hydrogen-bond donors (Lipinski definition) is 1. The number of carbonyl (C=O) groups is 1. The van der Waals surface area contributed by atoms with Crippen LogP contribution in [0.4, 0.5) is 0 Å².